The Morgan fingerprint density at radius 3 is 1.60 bits per heavy atom. The highest BCUT2D eigenvalue weighted by Gasteiger charge is 2.15. The highest BCUT2D eigenvalue weighted by Crippen LogP contribution is 2.03. The normalized spacial score (nSPS) is 19.6. The highest BCUT2D eigenvalue weighted by molar-refractivity contribution is 4.71. The van der Waals surface area contributed by atoms with E-state index in [9.17, 15) is 0 Å². The van der Waals surface area contributed by atoms with Gasteiger partial charge in [0.25, 0.3) is 0 Å². The van der Waals surface area contributed by atoms with Gasteiger partial charge < -0.3 is 21.3 Å². The van der Waals surface area contributed by atoms with Crippen molar-refractivity contribution in [3.63, 3.8) is 0 Å². The quantitative estimate of drug-likeness (QED) is 0.571. The molecule has 0 bridgehead atoms. The molecule has 0 saturated carbocycles. The molecule has 1 saturated heterocycles. The number of unbranched alkanes of at least 4 members (excludes halogenated alkanes) is 1. The molecule has 15 heavy (non-hydrogen) atoms. The van der Waals surface area contributed by atoms with E-state index in [4.69, 9.17) is 11.5 Å². The second-order valence-electron chi connectivity index (χ2n) is 4.32. The van der Waals surface area contributed by atoms with Crippen LogP contribution in [0, 0.1) is 0 Å². The Bertz CT molecular complexity index is 144. The van der Waals surface area contributed by atoms with Crippen molar-refractivity contribution in [3.8, 4) is 0 Å². The van der Waals surface area contributed by atoms with Crippen LogP contribution < -0.4 is 11.5 Å². The van der Waals surface area contributed by atoms with Crippen molar-refractivity contribution in [1.29, 1.82) is 0 Å². The van der Waals surface area contributed by atoms with Crippen molar-refractivity contribution in [2.24, 2.45) is 11.5 Å². The Morgan fingerprint density at radius 1 is 0.667 bits per heavy atom. The van der Waals surface area contributed by atoms with Gasteiger partial charge in [0, 0.05) is 26.2 Å². The maximum Gasteiger partial charge on any atom is 0.0110 e. The molecule has 1 aliphatic heterocycles. The minimum absolute atomic E-state index is 0.816. The molecule has 1 fully saturated rings. The van der Waals surface area contributed by atoms with Gasteiger partial charge in [0.15, 0.2) is 0 Å². The van der Waals surface area contributed by atoms with Gasteiger partial charge in [-0.25, -0.2) is 0 Å². The van der Waals surface area contributed by atoms with Crippen molar-refractivity contribution in [2.75, 3.05) is 52.4 Å². The molecular formula is C11H26N4. The predicted octanol–water partition coefficient (Wildman–Crippen LogP) is -0.308. The van der Waals surface area contributed by atoms with E-state index in [1.54, 1.807) is 0 Å². The molecule has 90 valence electrons. The van der Waals surface area contributed by atoms with Crippen LogP contribution in [-0.2, 0) is 0 Å². The summed E-state index contributed by atoms with van der Waals surface area (Å²) in [5, 5.41) is 0. The Hall–Kier alpha value is -0.160. The largest absolute Gasteiger partial charge is 0.330 e. The topological polar surface area (TPSA) is 58.5 Å². The van der Waals surface area contributed by atoms with Crippen LogP contribution in [0.25, 0.3) is 0 Å². The van der Waals surface area contributed by atoms with Crippen LogP contribution in [0.5, 0.6) is 0 Å². The van der Waals surface area contributed by atoms with Crippen molar-refractivity contribution in [3.05, 3.63) is 0 Å². The van der Waals surface area contributed by atoms with E-state index in [-0.39, 0.29) is 0 Å². The molecule has 1 heterocycles. The standard InChI is InChI=1S/C11H26N4/c12-4-1-2-6-14-8-10-15(11-9-14)7-3-5-13/h1-13H2. The number of nitrogens with zero attached hydrogens (tertiary/aromatic N) is 2. The summed E-state index contributed by atoms with van der Waals surface area (Å²) in [5.74, 6) is 0. The van der Waals surface area contributed by atoms with Gasteiger partial charge in [0.2, 0.25) is 0 Å². The van der Waals surface area contributed by atoms with Crippen molar-refractivity contribution in [1.82, 2.24) is 9.80 Å². The third-order valence-electron chi connectivity index (χ3n) is 3.07. The Balaban J connectivity index is 2.02. The molecule has 0 aromatic heterocycles. The van der Waals surface area contributed by atoms with Gasteiger partial charge in [-0.3, -0.25) is 0 Å². The second kappa shape index (κ2) is 8.05. The van der Waals surface area contributed by atoms with Gasteiger partial charge in [-0.1, -0.05) is 0 Å². The Labute approximate surface area is 93.6 Å². The molecule has 1 aliphatic rings. The SMILES string of the molecule is NCCCCN1CCN(CCCN)CC1. The average Bonchev–Trinajstić information content (AvgIpc) is 2.28. The van der Waals surface area contributed by atoms with Crippen LogP contribution in [0.15, 0.2) is 0 Å². The van der Waals surface area contributed by atoms with Crippen LogP contribution in [0.1, 0.15) is 19.3 Å². The van der Waals surface area contributed by atoms with E-state index in [1.165, 1.54) is 45.7 Å². The fourth-order valence-corrected chi connectivity index (χ4v) is 2.03. The van der Waals surface area contributed by atoms with E-state index in [0.29, 0.717) is 0 Å². The van der Waals surface area contributed by atoms with Gasteiger partial charge in [0.1, 0.15) is 0 Å². The van der Waals surface area contributed by atoms with E-state index < -0.39 is 0 Å². The number of rotatable bonds is 7. The smallest absolute Gasteiger partial charge is 0.0110 e. The maximum atomic E-state index is 5.51. The monoisotopic (exact) mass is 214 g/mol. The minimum atomic E-state index is 0.816. The highest BCUT2D eigenvalue weighted by atomic mass is 15.3. The van der Waals surface area contributed by atoms with Gasteiger partial charge in [-0.2, -0.15) is 0 Å². The summed E-state index contributed by atoms with van der Waals surface area (Å²) in [6, 6.07) is 0. The van der Waals surface area contributed by atoms with Crippen LogP contribution in [0.4, 0.5) is 0 Å². The molecular weight excluding hydrogens is 188 g/mol. The predicted molar refractivity (Wildman–Crippen MR) is 64.8 cm³/mol. The molecule has 1 rings (SSSR count). The maximum absolute atomic E-state index is 5.51. The van der Waals surface area contributed by atoms with Crippen molar-refractivity contribution >= 4 is 0 Å². The fraction of sp³-hybridized carbons (Fsp3) is 1.00. The van der Waals surface area contributed by atoms with Gasteiger partial charge in [-0.05, 0) is 45.4 Å². The molecule has 0 spiro atoms. The zero-order chi connectivity index (χ0) is 10.9. The lowest BCUT2D eigenvalue weighted by molar-refractivity contribution is 0.130. The first-order chi connectivity index (χ1) is 7.36. The zero-order valence-electron chi connectivity index (χ0n) is 9.83. The Morgan fingerprint density at radius 2 is 1.13 bits per heavy atom. The third kappa shape index (κ3) is 5.47. The lowest BCUT2D eigenvalue weighted by Gasteiger charge is -2.34. The lowest BCUT2D eigenvalue weighted by atomic mass is 10.2. The zero-order valence-corrected chi connectivity index (χ0v) is 9.83. The molecule has 0 radical (unpaired) electrons. The number of piperazine rings is 1. The molecule has 0 aliphatic carbocycles. The van der Waals surface area contributed by atoms with Crippen LogP contribution in [0.3, 0.4) is 0 Å². The summed E-state index contributed by atoms with van der Waals surface area (Å²) < 4.78 is 0. The summed E-state index contributed by atoms with van der Waals surface area (Å²) in [6.07, 6.45) is 3.54. The fourth-order valence-electron chi connectivity index (χ4n) is 2.03. The molecule has 0 atom stereocenters. The lowest BCUT2D eigenvalue weighted by Crippen LogP contribution is -2.47. The second-order valence-corrected chi connectivity index (χ2v) is 4.32. The first-order valence-corrected chi connectivity index (χ1v) is 6.21. The molecule has 0 aromatic rings. The molecule has 4 heteroatoms. The third-order valence-corrected chi connectivity index (χ3v) is 3.07. The van der Waals surface area contributed by atoms with Crippen LogP contribution in [0.2, 0.25) is 0 Å². The minimum Gasteiger partial charge on any atom is -0.330 e. The number of hydrogen-bond acceptors (Lipinski definition) is 4. The van der Waals surface area contributed by atoms with E-state index in [2.05, 4.69) is 9.80 Å². The van der Waals surface area contributed by atoms with Crippen molar-refractivity contribution in [2.45, 2.75) is 19.3 Å². The average molecular weight is 214 g/mol. The van der Waals surface area contributed by atoms with Crippen LogP contribution in [-0.4, -0.2) is 62.2 Å². The summed E-state index contributed by atoms with van der Waals surface area (Å²) in [4.78, 5) is 5.07. The molecule has 4 N–H and O–H groups in total. The summed E-state index contributed by atoms with van der Waals surface area (Å²) in [6.45, 7) is 8.90. The van der Waals surface area contributed by atoms with E-state index >= 15 is 0 Å². The number of hydrogen-bond donors (Lipinski definition) is 2. The Kier molecular flexibility index (Phi) is 6.92. The first kappa shape index (κ1) is 12.9. The summed E-state index contributed by atoms with van der Waals surface area (Å²) >= 11 is 0. The molecule has 0 amide bonds. The van der Waals surface area contributed by atoms with E-state index in [1.807, 2.05) is 0 Å². The number of nitrogens with two attached hydrogens (primary N) is 2. The molecule has 0 aromatic carbocycles. The molecule has 4 nitrogen and oxygen atoms in total. The van der Waals surface area contributed by atoms with Gasteiger partial charge in [-0.15, -0.1) is 0 Å². The van der Waals surface area contributed by atoms with E-state index in [0.717, 1.165) is 25.9 Å². The first-order valence-electron chi connectivity index (χ1n) is 6.21. The summed E-state index contributed by atoms with van der Waals surface area (Å²) in [7, 11) is 0. The van der Waals surface area contributed by atoms with Crippen LogP contribution >= 0.6 is 0 Å². The van der Waals surface area contributed by atoms with Crippen molar-refractivity contribution < 1.29 is 0 Å². The molecule has 0 unspecified atom stereocenters. The van der Waals surface area contributed by atoms with Gasteiger partial charge >= 0.3 is 0 Å². The van der Waals surface area contributed by atoms with Gasteiger partial charge in [0.05, 0.1) is 0 Å². The summed E-state index contributed by atoms with van der Waals surface area (Å²) in [5.41, 5.74) is 11.0.